The lowest BCUT2D eigenvalue weighted by Gasteiger charge is -2.33. The Morgan fingerprint density at radius 2 is 2.07 bits per heavy atom. The Morgan fingerprint density at radius 3 is 2.73 bits per heavy atom. The summed E-state index contributed by atoms with van der Waals surface area (Å²) in [6.07, 6.45) is 2.20. The monoisotopic (exact) mass is 546 g/mol. The second kappa shape index (κ2) is 13.2. The van der Waals surface area contributed by atoms with Crippen LogP contribution in [0.4, 0.5) is 4.39 Å². The molecule has 2 N–H and O–H groups in total. The van der Waals surface area contributed by atoms with Gasteiger partial charge in [0.05, 0.1) is 13.2 Å². The third-order valence-corrected chi connectivity index (χ3v) is 5.82. The molecule has 0 spiro atoms. The minimum Gasteiger partial charge on any atom is -0.380 e. The van der Waals surface area contributed by atoms with Gasteiger partial charge in [-0.3, -0.25) is 4.90 Å². The summed E-state index contributed by atoms with van der Waals surface area (Å²) < 4.78 is 18.9. The average molecular weight is 546 g/mol. The summed E-state index contributed by atoms with van der Waals surface area (Å²) in [4.78, 5) is 7.22. The summed E-state index contributed by atoms with van der Waals surface area (Å²) in [5.41, 5.74) is 2.95. The normalized spacial score (nSPS) is 15.6. The van der Waals surface area contributed by atoms with E-state index in [4.69, 9.17) is 9.73 Å². The first-order valence-corrected chi connectivity index (χ1v) is 11.2. The number of rotatable bonds is 8. The fourth-order valence-electron chi connectivity index (χ4n) is 3.55. The molecule has 2 heterocycles. The molecule has 1 aromatic heterocycles. The van der Waals surface area contributed by atoms with Crippen molar-refractivity contribution in [3.05, 3.63) is 57.5 Å². The van der Waals surface area contributed by atoms with Crippen molar-refractivity contribution < 1.29 is 9.13 Å². The molecule has 166 valence electrons. The zero-order chi connectivity index (χ0) is 20.5. The smallest absolute Gasteiger partial charge is 0.191 e. The molecule has 1 saturated heterocycles. The Hall–Kier alpha value is -1.23. The second-order valence-electron chi connectivity index (χ2n) is 7.38. The lowest BCUT2D eigenvalue weighted by Crippen LogP contribution is -2.48. The van der Waals surface area contributed by atoms with Crippen LogP contribution in [0.25, 0.3) is 0 Å². The molecule has 5 nitrogen and oxygen atoms in total. The van der Waals surface area contributed by atoms with E-state index in [2.05, 4.69) is 39.3 Å². The standard InChI is InChI=1S/C22H31FN4OS.HI/c1-3-24-22(25-13-17-4-5-21(23)19(12-17)15-28-2)26-20-6-9-27(10-7-20)14-18-8-11-29-16-18;/h4-5,8,11-12,16,20H,3,6-7,9-10,13-15H2,1-2H3,(H2,24,25,26);1H. The Kier molecular flexibility index (Phi) is 11.0. The molecule has 0 radical (unpaired) electrons. The van der Waals surface area contributed by atoms with E-state index in [0.717, 1.165) is 50.5 Å². The summed E-state index contributed by atoms with van der Waals surface area (Å²) in [5.74, 6) is 0.584. The summed E-state index contributed by atoms with van der Waals surface area (Å²) in [6.45, 7) is 6.86. The van der Waals surface area contributed by atoms with Crippen LogP contribution in [0.5, 0.6) is 0 Å². The largest absolute Gasteiger partial charge is 0.380 e. The molecule has 0 saturated carbocycles. The van der Waals surface area contributed by atoms with Gasteiger partial charge in [0.25, 0.3) is 0 Å². The Labute approximate surface area is 200 Å². The number of nitrogens with zero attached hydrogens (tertiary/aromatic N) is 2. The van der Waals surface area contributed by atoms with Crippen LogP contribution in [0.15, 0.2) is 40.0 Å². The highest BCUT2D eigenvalue weighted by molar-refractivity contribution is 14.0. The lowest BCUT2D eigenvalue weighted by atomic mass is 10.0. The molecule has 8 heteroatoms. The molecule has 1 aliphatic rings. The van der Waals surface area contributed by atoms with Crippen LogP contribution in [-0.4, -0.2) is 43.6 Å². The predicted molar refractivity (Wildman–Crippen MR) is 133 cm³/mol. The van der Waals surface area contributed by atoms with E-state index in [0.29, 0.717) is 18.2 Å². The van der Waals surface area contributed by atoms with Crippen molar-refractivity contribution in [1.82, 2.24) is 15.5 Å². The maximum Gasteiger partial charge on any atom is 0.191 e. The van der Waals surface area contributed by atoms with E-state index in [1.807, 2.05) is 6.07 Å². The van der Waals surface area contributed by atoms with Crippen molar-refractivity contribution in [2.45, 2.75) is 45.5 Å². The number of piperidine rings is 1. The van der Waals surface area contributed by atoms with E-state index in [9.17, 15) is 4.39 Å². The molecule has 2 aromatic rings. The molecular weight excluding hydrogens is 514 g/mol. The number of benzene rings is 1. The van der Waals surface area contributed by atoms with Crippen molar-refractivity contribution >= 4 is 41.3 Å². The molecular formula is C22H32FIN4OS. The number of ether oxygens (including phenoxy) is 1. The topological polar surface area (TPSA) is 48.9 Å². The van der Waals surface area contributed by atoms with Gasteiger partial charge < -0.3 is 15.4 Å². The van der Waals surface area contributed by atoms with Crippen LogP contribution in [0.2, 0.25) is 0 Å². The molecule has 0 unspecified atom stereocenters. The van der Waals surface area contributed by atoms with Crippen molar-refractivity contribution in [1.29, 1.82) is 0 Å². The van der Waals surface area contributed by atoms with E-state index in [1.54, 1.807) is 24.5 Å². The average Bonchev–Trinajstić information content (AvgIpc) is 3.23. The van der Waals surface area contributed by atoms with Crippen LogP contribution >= 0.6 is 35.3 Å². The number of hydrogen-bond acceptors (Lipinski definition) is 4. The zero-order valence-corrected chi connectivity index (χ0v) is 20.8. The van der Waals surface area contributed by atoms with E-state index < -0.39 is 0 Å². The number of guanidine groups is 1. The van der Waals surface area contributed by atoms with Gasteiger partial charge in [-0.15, -0.1) is 24.0 Å². The van der Waals surface area contributed by atoms with Gasteiger partial charge in [-0.2, -0.15) is 11.3 Å². The molecule has 3 rings (SSSR count). The second-order valence-corrected chi connectivity index (χ2v) is 8.16. The van der Waals surface area contributed by atoms with Crippen LogP contribution in [0.1, 0.15) is 36.5 Å². The van der Waals surface area contributed by atoms with Gasteiger partial charge in [-0.05, 0) is 59.9 Å². The number of hydrogen-bond donors (Lipinski definition) is 2. The van der Waals surface area contributed by atoms with Crippen LogP contribution in [0, 0.1) is 5.82 Å². The van der Waals surface area contributed by atoms with E-state index in [-0.39, 0.29) is 36.4 Å². The fraction of sp³-hybridized carbons (Fsp3) is 0.500. The maximum absolute atomic E-state index is 13.8. The fourth-order valence-corrected chi connectivity index (χ4v) is 4.21. The minimum atomic E-state index is -0.237. The molecule has 0 atom stereocenters. The highest BCUT2D eigenvalue weighted by Crippen LogP contribution is 2.16. The molecule has 1 aromatic carbocycles. The molecule has 30 heavy (non-hydrogen) atoms. The third kappa shape index (κ3) is 7.79. The number of likely N-dealkylation sites (tertiary alicyclic amines) is 1. The lowest BCUT2D eigenvalue weighted by molar-refractivity contribution is 0.181. The predicted octanol–water partition coefficient (Wildman–Crippen LogP) is 4.37. The van der Waals surface area contributed by atoms with Crippen LogP contribution < -0.4 is 10.6 Å². The van der Waals surface area contributed by atoms with Gasteiger partial charge in [-0.25, -0.2) is 9.38 Å². The quantitative estimate of drug-likeness (QED) is 0.294. The van der Waals surface area contributed by atoms with Crippen LogP contribution in [0.3, 0.4) is 0 Å². The number of thiophene rings is 1. The van der Waals surface area contributed by atoms with E-state index >= 15 is 0 Å². The van der Waals surface area contributed by atoms with Crippen molar-refractivity contribution in [2.75, 3.05) is 26.7 Å². The number of aliphatic imine (C=N–C) groups is 1. The summed E-state index contributed by atoms with van der Waals surface area (Å²) in [5, 5.41) is 11.3. The summed E-state index contributed by atoms with van der Waals surface area (Å²) in [7, 11) is 1.57. The first kappa shape index (κ1) is 25.0. The number of nitrogens with one attached hydrogen (secondary N) is 2. The van der Waals surface area contributed by atoms with Gasteiger partial charge in [0.1, 0.15) is 5.82 Å². The molecule has 1 fully saturated rings. The van der Waals surface area contributed by atoms with Crippen molar-refractivity contribution in [3.8, 4) is 0 Å². The van der Waals surface area contributed by atoms with Gasteiger partial charge in [0, 0.05) is 44.9 Å². The summed E-state index contributed by atoms with van der Waals surface area (Å²) >= 11 is 1.76. The van der Waals surface area contributed by atoms with Crippen molar-refractivity contribution in [2.24, 2.45) is 4.99 Å². The van der Waals surface area contributed by atoms with Gasteiger partial charge in [-0.1, -0.05) is 6.07 Å². The molecule has 1 aliphatic heterocycles. The zero-order valence-electron chi connectivity index (χ0n) is 17.7. The maximum atomic E-state index is 13.8. The SMILES string of the molecule is CCNC(=NCc1ccc(F)c(COC)c1)NC1CCN(Cc2ccsc2)CC1.I. The Bertz CT molecular complexity index is 779. The first-order valence-electron chi connectivity index (χ1n) is 10.2. The third-order valence-electron chi connectivity index (χ3n) is 5.09. The first-order chi connectivity index (χ1) is 14.2. The van der Waals surface area contributed by atoms with E-state index in [1.165, 1.54) is 11.6 Å². The summed E-state index contributed by atoms with van der Waals surface area (Å²) in [6, 6.07) is 7.73. The van der Waals surface area contributed by atoms with Gasteiger partial charge in [0.15, 0.2) is 5.96 Å². The number of methoxy groups -OCH3 is 1. The molecule has 0 aliphatic carbocycles. The molecule has 0 bridgehead atoms. The van der Waals surface area contributed by atoms with Gasteiger partial charge in [0.2, 0.25) is 0 Å². The highest BCUT2D eigenvalue weighted by Gasteiger charge is 2.20. The van der Waals surface area contributed by atoms with Crippen molar-refractivity contribution in [3.63, 3.8) is 0 Å². The van der Waals surface area contributed by atoms with Crippen LogP contribution in [-0.2, 0) is 24.4 Å². The minimum absolute atomic E-state index is 0. The Morgan fingerprint density at radius 1 is 1.27 bits per heavy atom. The Balaban J connectivity index is 0.00000320. The highest BCUT2D eigenvalue weighted by atomic mass is 127. The van der Waals surface area contributed by atoms with Gasteiger partial charge >= 0.3 is 0 Å². The number of halogens is 2. The molecule has 0 amide bonds.